The van der Waals surface area contributed by atoms with Gasteiger partial charge in [0.05, 0.1) is 3.57 Å². The second kappa shape index (κ2) is 9.99. The van der Waals surface area contributed by atoms with Crippen molar-refractivity contribution in [3.05, 3.63) is 98.8 Å². The predicted octanol–water partition coefficient (Wildman–Crippen LogP) is 6.24. The highest BCUT2D eigenvalue weighted by molar-refractivity contribution is 14.1. The van der Waals surface area contributed by atoms with E-state index in [2.05, 4.69) is 48.7 Å². The van der Waals surface area contributed by atoms with Gasteiger partial charge in [-0.05, 0) is 81.6 Å². The Morgan fingerprint density at radius 1 is 0.938 bits per heavy atom. The van der Waals surface area contributed by atoms with E-state index < -0.39 is 11.9 Å². The van der Waals surface area contributed by atoms with E-state index in [4.69, 9.17) is 4.74 Å². The van der Waals surface area contributed by atoms with Crippen molar-refractivity contribution in [2.45, 2.75) is 26.2 Å². The lowest BCUT2D eigenvalue weighted by Crippen LogP contribution is -2.27. The van der Waals surface area contributed by atoms with Crippen LogP contribution < -0.4 is 10.1 Å². The standard InChI is InChI=1S/C26H24INO4/c1-26(2,3)19-12-10-18(11-13-19)24(29)28-22(25(30)31)16-17-8-14-20(15-9-17)32-23-7-5-4-6-21(23)27/h4-16H,1-3H3,(H,28,29)(H,30,31)/b22-16+. The third-order valence-electron chi connectivity index (χ3n) is 4.75. The van der Waals surface area contributed by atoms with Crippen LogP contribution in [0.3, 0.4) is 0 Å². The number of carboxylic acids is 1. The number of carbonyl (C=O) groups excluding carboxylic acids is 1. The van der Waals surface area contributed by atoms with Gasteiger partial charge < -0.3 is 15.2 Å². The fourth-order valence-electron chi connectivity index (χ4n) is 2.92. The lowest BCUT2D eigenvalue weighted by atomic mass is 9.87. The topological polar surface area (TPSA) is 75.6 Å². The molecule has 5 nitrogen and oxygen atoms in total. The van der Waals surface area contributed by atoms with Crippen LogP contribution in [0.25, 0.3) is 6.08 Å². The van der Waals surface area contributed by atoms with Crippen molar-refractivity contribution in [3.63, 3.8) is 0 Å². The molecule has 32 heavy (non-hydrogen) atoms. The van der Waals surface area contributed by atoms with Gasteiger partial charge in [-0.15, -0.1) is 0 Å². The highest BCUT2D eigenvalue weighted by Crippen LogP contribution is 2.27. The van der Waals surface area contributed by atoms with Gasteiger partial charge in [-0.1, -0.05) is 57.2 Å². The maximum atomic E-state index is 12.6. The molecule has 2 N–H and O–H groups in total. The zero-order valence-electron chi connectivity index (χ0n) is 18.1. The van der Waals surface area contributed by atoms with Crippen LogP contribution in [0.2, 0.25) is 0 Å². The number of para-hydroxylation sites is 1. The molecule has 0 saturated heterocycles. The van der Waals surface area contributed by atoms with Gasteiger partial charge in [0, 0.05) is 5.56 Å². The molecule has 164 valence electrons. The molecule has 0 bridgehead atoms. The summed E-state index contributed by atoms with van der Waals surface area (Å²) in [7, 11) is 0. The smallest absolute Gasteiger partial charge is 0.352 e. The molecule has 0 atom stereocenters. The van der Waals surface area contributed by atoms with E-state index in [0.29, 0.717) is 16.9 Å². The van der Waals surface area contributed by atoms with Crippen molar-refractivity contribution in [3.8, 4) is 11.5 Å². The van der Waals surface area contributed by atoms with E-state index in [1.165, 1.54) is 6.08 Å². The summed E-state index contributed by atoms with van der Waals surface area (Å²) in [6, 6.07) is 21.8. The summed E-state index contributed by atoms with van der Waals surface area (Å²) >= 11 is 2.20. The van der Waals surface area contributed by atoms with Gasteiger partial charge in [0.1, 0.15) is 17.2 Å². The predicted molar refractivity (Wildman–Crippen MR) is 134 cm³/mol. The first kappa shape index (κ1) is 23.5. The van der Waals surface area contributed by atoms with Gasteiger partial charge in [0.2, 0.25) is 0 Å². The molecule has 0 radical (unpaired) electrons. The van der Waals surface area contributed by atoms with Crippen LogP contribution in [-0.4, -0.2) is 17.0 Å². The Hall–Kier alpha value is -3.13. The van der Waals surface area contributed by atoms with E-state index in [9.17, 15) is 14.7 Å². The molecule has 3 aromatic rings. The minimum absolute atomic E-state index is 0.0319. The number of hydrogen-bond donors (Lipinski definition) is 2. The summed E-state index contributed by atoms with van der Waals surface area (Å²) in [5, 5.41) is 12.0. The first-order chi connectivity index (χ1) is 15.1. The number of aliphatic carboxylic acids is 1. The van der Waals surface area contributed by atoms with Crippen LogP contribution >= 0.6 is 22.6 Å². The van der Waals surface area contributed by atoms with Gasteiger partial charge in [0.25, 0.3) is 5.91 Å². The Morgan fingerprint density at radius 2 is 1.56 bits per heavy atom. The number of amides is 1. The summed E-state index contributed by atoms with van der Waals surface area (Å²) in [4.78, 5) is 24.3. The number of ether oxygens (including phenoxy) is 1. The third kappa shape index (κ3) is 6.20. The number of benzene rings is 3. The number of carboxylic acid groups (broad SMARTS) is 1. The maximum Gasteiger partial charge on any atom is 0.352 e. The van der Waals surface area contributed by atoms with Crippen LogP contribution in [0.4, 0.5) is 0 Å². The molecule has 0 unspecified atom stereocenters. The average Bonchev–Trinajstić information content (AvgIpc) is 2.75. The van der Waals surface area contributed by atoms with Gasteiger partial charge in [-0.3, -0.25) is 4.79 Å². The molecule has 0 aliphatic rings. The molecule has 0 saturated carbocycles. The number of halogens is 1. The fourth-order valence-corrected chi connectivity index (χ4v) is 3.42. The molecule has 0 spiro atoms. The Kier molecular flexibility index (Phi) is 7.35. The van der Waals surface area contributed by atoms with Gasteiger partial charge in [-0.25, -0.2) is 4.79 Å². The van der Waals surface area contributed by atoms with Crippen LogP contribution in [0.5, 0.6) is 11.5 Å². The molecule has 0 aromatic heterocycles. The molecular formula is C26H24INO4. The normalized spacial score (nSPS) is 11.7. The molecule has 3 rings (SSSR count). The first-order valence-electron chi connectivity index (χ1n) is 10.0. The molecule has 0 aliphatic carbocycles. The van der Waals surface area contributed by atoms with Crippen molar-refractivity contribution >= 4 is 40.5 Å². The fraction of sp³-hybridized carbons (Fsp3) is 0.154. The maximum absolute atomic E-state index is 12.6. The molecular weight excluding hydrogens is 517 g/mol. The largest absolute Gasteiger partial charge is 0.477 e. The lowest BCUT2D eigenvalue weighted by molar-refractivity contribution is -0.132. The second-order valence-corrected chi connectivity index (χ2v) is 9.41. The molecule has 3 aromatic carbocycles. The SMILES string of the molecule is CC(C)(C)c1ccc(C(=O)N/C(=C/c2ccc(Oc3ccccc3I)cc2)C(=O)O)cc1. The van der Waals surface area contributed by atoms with Crippen molar-refractivity contribution in [2.75, 3.05) is 0 Å². The van der Waals surface area contributed by atoms with Crippen LogP contribution in [0, 0.1) is 3.57 Å². The number of nitrogens with one attached hydrogen (secondary N) is 1. The number of rotatable bonds is 6. The minimum Gasteiger partial charge on any atom is -0.477 e. The summed E-state index contributed by atoms with van der Waals surface area (Å²) in [5.41, 5.74) is 1.87. The zero-order chi connectivity index (χ0) is 23.3. The van der Waals surface area contributed by atoms with Gasteiger partial charge >= 0.3 is 5.97 Å². The lowest BCUT2D eigenvalue weighted by Gasteiger charge is -2.19. The van der Waals surface area contributed by atoms with E-state index >= 15 is 0 Å². The quantitative estimate of drug-likeness (QED) is 0.286. The summed E-state index contributed by atoms with van der Waals surface area (Å²) < 4.78 is 6.84. The van der Waals surface area contributed by atoms with E-state index in [1.807, 2.05) is 36.4 Å². The first-order valence-corrected chi connectivity index (χ1v) is 11.1. The molecule has 0 fully saturated rings. The minimum atomic E-state index is -1.22. The summed E-state index contributed by atoms with van der Waals surface area (Å²) in [5.74, 6) is -0.319. The summed E-state index contributed by atoms with van der Waals surface area (Å²) in [6.07, 6.45) is 1.42. The highest BCUT2D eigenvalue weighted by atomic mass is 127. The average molecular weight is 541 g/mol. The molecule has 0 heterocycles. The molecule has 0 aliphatic heterocycles. The number of carbonyl (C=O) groups is 2. The monoisotopic (exact) mass is 541 g/mol. The van der Waals surface area contributed by atoms with Gasteiger partial charge in [-0.2, -0.15) is 0 Å². The number of hydrogen-bond acceptors (Lipinski definition) is 3. The van der Waals surface area contributed by atoms with Crippen molar-refractivity contribution in [2.24, 2.45) is 0 Å². The molecule has 6 heteroatoms. The Morgan fingerprint density at radius 3 is 2.12 bits per heavy atom. The van der Waals surface area contributed by atoms with E-state index in [-0.39, 0.29) is 11.1 Å². The van der Waals surface area contributed by atoms with E-state index in [0.717, 1.165) is 14.9 Å². The Balaban J connectivity index is 1.73. The Bertz CT molecular complexity index is 1140. The highest BCUT2D eigenvalue weighted by Gasteiger charge is 2.16. The van der Waals surface area contributed by atoms with Crippen molar-refractivity contribution in [1.29, 1.82) is 0 Å². The van der Waals surface area contributed by atoms with Crippen molar-refractivity contribution in [1.82, 2.24) is 5.32 Å². The molecule has 1 amide bonds. The van der Waals surface area contributed by atoms with Crippen molar-refractivity contribution < 1.29 is 19.4 Å². The van der Waals surface area contributed by atoms with Crippen LogP contribution in [0.1, 0.15) is 42.3 Å². The second-order valence-electron chi connectivity index (χ2n) is 8.25. The van der Waals surface area contributed by atoms with Gasteiger partial charge in [0.15, 0.2) is 0 Å². The van der Waals surface area contributed by atoms with E-state index in [1.54, 1.807) is 36.4 Å². The third-order valence-corrected chi connectivity index (χ3v) is 5.64. The van der Waals surface area contributed by atoms with Crippen LogP contribution in [0.15, 0.2) is 78.5 Å². The Labute approximate surface area is 201 Å². The summed E-state index contributed by atoms with van der Waals surface area (Å²) in [6.45, 7) is 6.26. The zero-order valence-corrected chi connectivity index (χ0v) is 20.2. The van der Waals surface area contributed by atoms with Crippen LogP contribution in [-0.2, 0) is 10.2 Å².